The second kappa shape index (κ2) is 14.2. The second-order valence-electron chi connectivity index (χ2n) is 12.1. The Kier molecular flexibility index (Phi) is 9.91. The van der Waals surface area contributed by atoms with Gasteiger partial charge in [0.15, 0.2) is 5.78 Å². The van der Waals surface area contributed by atoms with E-state index < -0.39 is 11.9 Å². The topological polar surface area (TPSA) is 94.7 Å². The van der Waals surface area contributed by atoms with Crippen molar-refractivity contribution >= 4 is 46.4 Å². The Bertz CT molecular complexity index is 1410. The number of carbonyl (C=O) groups excluding carboxylic acids is 3. The van der Waals surface area contributed by atoms with Gasteiger partial charge in [-0.05, 0) is 36.6 Å². The van der Waals surface area contributed by atoms with E-state index in [1.54, 1.807) is 17.0 Å². The molecular weight excluding hydrogens is 597 g/mol. The number of hydrogen-bond acceptors (Lipinski definition) is 8. The van der Waals surface area contributed by atoms with E-state index >= 15 is 4.39 Å². The van der Waals surface area contributed by atoms with Crippen molar-refractivity contribution in [2.75, 3.05) is 75.4 Å². The SMILES string of the molecule is O=C(CCC(=O)N1CCN(c2ccc(N3CC(CNC(=S)C4CC4)OC3=O)cc2F)CC1)c1ccc(CN2CCOCC2)cc1. The highest BCUT2D eigenvalue weighted by Gasteiger charge is 2.34. The molecule has 4 fully saturated rings. The van der Waals surface area contributed by atoms with E-state index in [-0.39, 0.29) is 30.6 Å². The number of Topliss-reactive ketones (excluding diaryl/α,β-unsaturated/α-hetero) is 1. The van der Waals surface area contributed by atoms with Gasteiger partial charge in [-0.25, -0.2) is 9.18 Å². The zero-order chi connectivity index (χ0) is 31.3. The summed E-state index contributed by atoms with van der Waals surface area (Å²) in [7, 11) is 0. The molecule has 10 nitrogen and oxygen atoms in total. The van der Waals surface area contributed by atoms with Crippen LogP contribution in [0.5, 0.6) is 0 Å². The molecule has 12 heteroatoms. The van der Waals surface area contributed by atoms with Crippen molar-refractivity contribution in [2.24, 2.45) is 5.92 Å². The molecule has 2 amide bonds. The minimum absolute atomic E-state index is 0.0479. The molecule has 2 aromatic rings. The summed E-state index contributed by atoms with van der Waals surface area (Å²) in [5.41, 5.74) is 2.64. The fourth-order valence-corrected chi connectivity index (χ4v) is 6.32. The van der Waals surface area contributed by atoms with Gasteiger partial charge in [0, 0.05) is 70.1 Å². The highest BCUT2D eigenvalue weighted by Crippen LogP contribution is 2.31. The minimum atomic E-state index is -0.502. The summed E-state index contributed by atoms with van der Waals surface area (Å²) in [6.45, 7) is 6.74. The molecule has 0 radical (unpaired) electrons. The average Bonchev–Trinajstić information content (AvgIpc) is 3.85. The molecule has 4 aliphatic rings. The molecule has 1 unspecified atom stereocenters. The van der Waals surface area contributed by atoms with E-state index in [1.807, 2.05) is 29.2 Å². The van der Waals surface area contributed by atoms with Crippen LogP contribution in [0, 0.1) is 11.7 Å². The highest BCUT2D eigenvalue weighted by molar-refractivity contribution is 7.80. The van der Waals surface area contributed by atoms with Crippen LogP contribution >= 0.6 is 12.2 Å². The van der Waals surface area contributed by atoms with Crippen LogP contribution in [-0.2, 0) is 20.8 Å². The van der Waals surface area contributed by atoms with Crippen LogP contribution in [0.25, 0.3) is 0 Å². The first-order valence-electron chi connectivity index (χ1n) is 15.8. The van der Waals surface area contributed by atoms with Gasteiger partial charge in [-0.1, -0.05) is 36.5 Å². The van der Waals surface area contributed by atoms with Crippen molar-refractivity contribution in [3.8, 4) is 0 Å². The number of benzene rings is 2. The number of carbonyl (C=O) groups is 3. The predicted octanol–water partition coefficient (Wildman–Crippen LogP) is 3.62. The number of ketones is 1. The number of thiocarbonyl (C=S) groups is 1. The number of hydrogen-bond donors (Lipinski definition) is 1. The Hall–Kier alpha value is -3.61. The number of anilines is 2. The molecular formula is C33H40FN5O5S. The van der Waals surface area contributed by atoms with Crippen molar-refractivity contribution in [3.63, 3.8) is 0 Å². The number of nitrogens with one attached hydrogen (secondary N) is 1. The van der Waals surface area contributed by atoms with Crippen molar-refractivity contribution in [2.45, 2.75) is 38.3 Å². The van der Waals surface area contributed by atoms with E-state index in [2.05, 4.69) is 10.2 Å². The molecule has 3 heterocycles. The zero-order valence-electron chi connectivity index (χ0n) is 25.4. The summed E-state index contributed by atoms with van der Waals surface area (Å²) in [5, 5.41) is 3.19. The van der Waals surface area contributed by atoms with Crippen molar-refractivity contribution in [1.29, 1.82) is 0 Å². The first-order chi connectivity index (χ1) is 21.8. The molecule has 1 aliphatic carbocycles. The lowest BCUT2D eigenvalue weighted by Gasteiger charge is -2.36. The number of morpholine rings is 1. The van der Waals surface area contributed by atoms with Gasteiger partial charge in [-0.3, -0.25) is 19.4 Å². The Labute approximate surface area is 268 Å². The normalized spacial score (nSPS) is 20.7. The standard InChI is InChI=1S/C33H40FN5O5S/c34-28-19-26(39-22-27(44-33(39)42)20-35-32(45)25-5-6-25)7-8-29(28)37-11-13-38(14-12-37)31(41)10-9-30(40)24-3-1-23(2-4-24)21-36-15-17-43-18-16-36/h1-4,7-8,19,25,27H,5-6,9-18,20-22H2,(H,35,45). The summed E-state index contributed by atoms with van der Waals surface area (Å²) in [4.78, 5) is 46.4. The molecule has 1 N–H and O–H groups in total. The van der Waals surface area contributed by atoms with Crippen molar-refractivity contribution < 1.29 is 28.2 Å². The number of piperazine rings is 1. The lowest BCUT2D eigenvalue weighted by Crippen LogP contribution is -2.49. The Morgan fingerprint density at radius 2 is 1.69 bits per heavy atom. The molecule has 1 atom stereocenters. The van der Waals surface area contributed by atoms with Gasteiger partial charge in [0.1, 0.15) is 11.9 Å². The van der Waals surface area contributed by atoms with Crippen LogP contribution in [0.15, 0.2) is 42.5 Å². The zero-order valence-corrected chi connectivity index (χ0v) is 26.2. The Morgan fingerprint density at radius 3 is 2.38 bits per heavy atom. The summed E-state index contributed by atoms with van der Waals surface area (Å²) in [6.07, 6.45) is 1.65. The first-order valence-corrected chi connectivity index (χ1v) is 16.3. The van der Waals surface area contributed by atoms with Crippen LogP contribution in [0.1, 0.15) is 41.6 Å². The molecule has 3 saturated heterocycles. The molecule has 240 valence electrons. The molecule has 3 aliphatic heterocycles. The Morgan fingerprint density at radius 1 is 0.956 bits per heavy atom. The van der Waals surface area contributed by atoms with E-state index in [0.717, 1.165) is 56.2 Å². The molecule has 6 rings (SSSR count). The first kappa shape index (κ1) is 31.4. The van der Waals surface area contributed by atoms with E-state index in [1.165, 1.54) is 11.0 Å². The van der Waals surface area contributed by atoms with Crippen molar-refractivity contribution in [3.05, 3.63) is 59.4 Å². The van der Waals surface area contributed by atoms with Crippen LogP contribution in [0.2, 0.25) is 0 Å². The van der Waals surface area contributed by atoms with E-state index in [0.29, 0.717) is 62.1 Å². The minimum Gasteiger partial charge on any atom is -0.442 e. The summed E-state index contributed by atoms with van der Waals surface area (Å²) in [6, 6.07) is 12.4. The second-order valence-corrected chi connectivity index (χ2v) is 12.6. The van der Waals surface area contributed by atoms with Crippen LogP contribution < -0.4 is 15.1 Å². The third kappa shape index (κ3) is 7.98. The number of amides is 2. The summed E-state index contributed by atoms with van der Waals surface area (Å²) in [5.74, 6) is -0.109. The maximum atomic E-state index is 15.3. The van der Waals surface area contributed by atoms with Gasteiger partial charge in [0.05, 0.1) is 42.7 Å². The van der Waals surface area contributed by atoms with Gasteiger partial charge in [0.25, 0.3) is 0 Å². The summed E-state index contributed by atoms with van der Waals surface area (Å²) >= 11 is 5.35. The Balaban J connectivity index is 0.939. The largest absolute Gasteiger partial charge is 0.442 e. The van der Waals surface area contributed by atoms with Gasteiger partial charge in [-0.15, -0.1) is 0 Å². The van der Waals surface area contributed by atoms with E-state index in [9.17, 15) is 14.4 Å². The lowest BCUT2D eigenvalue weighted by molar-refractivity contribution is -0.131. The third-order valence-electron chi connectivity index (χ3n) is 8.89. The van der Waals surface area contributed by atoms with Gasteiger partial charge < -0.3 is 24.6 Å². The highest BCUT2D eigenvalue weighted by atomic mass is 32.1. The molecule has 0 bridgehead atoms. The van der Waals surface area contributed by atoms with Gasteiger partial charge in [0.2, 0.25) is 5.91 Å². The smallest absolute Gasteiger partial charge is 0.414 e. The predicted molar refractivity (Wildman–Crippen MR) is 172 cm³/mol. The maximum Gasteiger partial charge on any atom is 0.414 e. The van der Waals surface area contributed by atoms with Crippen LogP contribution in [0.3, 0.4) is 0 Å². The number of ether oxygens (including phenoxy) is 2. The molecule has 2 aromatic carbocycles. The van der Waals surface area contributed by atoms with Crippen LogP contribution in [0.4, 0.5) is 20.6 Å². The van der Waals surface area contributed by atoms with Gasteiger partial charge >= 0.3 is 6.09 Å². The lowest BCUT2D eigenvalue weighted by atomic mass is 10.0. The maximum absolute atomic E-state index is 15.3. The molecule has 45 heavy (non-hydrogen) atoms. The number of halogens is 1. The number of rotatable bonds is 11. The third-order valence-corrected chi connectivity index (χ3v) is 9.37. The molecule has 0 spiro atoms. The van der Waals surface area contributed by atoms with E-state index in [4.69, 9.17) is 21.7 Å². The fraction of sp³-hybridized carbons (Fsp3) is 0.515. The quantitative estimate of drug-likeness (QED) is 0.293. The van der Waals surface area contributed by atoms with Crippen molar-refractivity contribution in [1.82, 2.24) is 15.1 Å². The monoisotopic (exact) mass is 637 g/mol. The average molecular weight is 638 g/mol. The summed E-state index contributed by atoms with van der Waals surface area (Å²) < 4.78 is 26.1. The van der Waals surface area contributed by atoms with Gasteiger partial charge in [-0.2, -0.15) is 0 Å². The number of cyclic esters (lactones) is 1. The molecule has 0 aromatic heterocycles. The number of nitrogens with zero attached hydrogens (tertiary/aromatic N) is 4. The molecule has 1 saturated carbocycles. The van der Waals surface area contributed by atoms with Crippen LogP contribution in [-0.4, -0.2) is 104 Å². The fourth-order valence-electron chi connectivity index (χ4n) is 6.00.